The first-order chi connectivity index (χ1) is 9.05. The number of anilines is 2. The van der Waals surface area contributed by atoms with Gasteiger partial charge in [0.05, 0.1) is 17.2 Å². The summed E-state index contributed by atoms with van der Waals surface area (Å²) in [7, 11) is -2.93. The smallest absolute Gasteiger partial charge is 0.298 e. The molecule has 19 heavy (non-hydrogen) atoms. The molecule has 6 nitrogen and oxygen atoms in total. The molecule has 2 N–H and O–H groups in total. The van der Waals surface area contributed by atoms with Crippen molar-refractivity contribution in [1.29, 1.82) is 0 Å². The van der Waals surface area contributed by atoms with E-state index in [0.717, 1.165) is 0 Å². The maximum Gasteiger partial charge on any atom is 0.298 e. The molecular weight excluding hydrogens is 266 g/mol. The van der Waals surface area contributed by atoms with Gasteiger partial charge in [0, 0.05) is 13.1 Å². The predicted octanol–water partition coefficient (Wildman–Crippen LogP) is 1.03. The molecule has 1 aliphatic rings. The molecule has 0 radical (unpaired) electrons. The highest BCUT2D eigenvalue weighted by atomic mass is 32.2. The van der Waals surface area contributed by atoms with Gasteiger partial charge >= 0.3 is 0 Å². The second-order valence-electron chi connectivity index (χ2n) is 4.68. The third-order valence-electron chi connectivity index (χ3n) is 3.27. The van der Waals surface area contributed by atoms with Crippen LogP contribution in [-0.4, -0.2) is 38.0 Å². The van der Waals surface area contributed by atoms with Crippen LogP contribution in [0, 0.1) is 0 Å². The molecule has 1 aromatic carbocycles. The number of para-hydroxylation sites is 1. The second-order valence-corrected chi connectivity index (χ2v) is 6.99. The van der Waals surface area contributed by atoms with Crippen LogP contribution in [0.1, 0.15) is 6.42 Å². The molecule has 102 valence electrons. The van der Waals surface area contributed by atoms with Crippen molar-refractivity contribution in [2.24, 2.45) is 0 Å². The lowest BCUT2D eigenvalue weighted by Crippen LogP contribution is -2.26. The lowest BCUT2D eigenvalue weighted by molar-refractivity contribution is 0.571. The zero-order valence-electron chi connectivity index (χ0n) is 10.4. The van der Waals surface area contributed by atoms with Crippen LogP contribution in [0.5, 0.6) is 0 Å². The molecule has 2 heterocycles. The molecule has 0 amide bonds. The van der Waals surface area contributed by atoms with Crippen molar-refractivity contribution in [1.82, 2.24) is 4.98 Å². The van der Waals surface area contributed by atoms with E-state index in [9.17, 15) is 8.42 Å². The molecule has 1 aliphatic heterocycles. The SMILES string of the molecule is Nc1cccc2oc(N3CCCS(=O)(=O)CC3)nc12. The van der Waals surface area contributed by atoms with Crippen LogP contribution in [-0.2, 0) is 9.84 Å². The summed E-state index contributed by atoms with van der Waals surface area (Å²) < 4.78 is 28.8. The van der Waals surface area contributed by atoms with E-state index >= 15 is 0 Å². The van der Waals surface area contributed by atoms with E-state index in [1.807, 2.05) is 4.90 Å². The highest BCUT2D eigenvalue weighted by Gasteiger charge is 2.22. The summed E-state index contributed by atoms with van der Waals surface area (Å²) in [6.07, 6.45) is 0.594. The molecule has 7 heteroatoms. The van der Waals surface area contributed by atoms with Crippen molar-refractivity contribution in [2.45, 2.75) is 6.42 Å². The number of nitrogen functional groups attached to an aromatic ring is 1. The topological polar surface area (TPSA) is 89.4 Å². The number of hydrogen-bond donors (Lipinski definition) is 1. The first-order valence-corrected chi connectivity index (χ1v) is 7.98. The largest absolute Gasteiger partial charge is 0.423 e. The lowest BCUT2D eigenvalue weighted by atomic mass is 10.3. The van der Waals surface area contributed by atoms with Gasteiger partial charge in [-0.1, -0.05) is 6.07 Å². The molecule has 0 saturated carbocycles. The molecule has 1 saturated heterocycles. The highest BCUT2D eigenvalue weighted by molar-refractivity contribution is 7.91. The van der Waals surface area contributed by atoms with E-state index in [1.165, 1.54) is 0 Å². The first-order valence-electron chi connectivity index (χ1n) is 6.15. The summed E-state index contributed by atoms with van der Waals surface area (Å²) in [4.78, 5) is 6.23. The molecule has 0 atom stereocenters. The Balaban J connectivity index is 1.94. The number of nitrogens with zero attached hydrogens (tertiary/aromatic N) is 2. The van der Waals surface area contributed by atoms with Gasteiger partial charge in [0.15, 0.2) is 15.4 Å². The minimum Gasteiger partial charge on any atom is -0.423 e. The van der Waals surface area contributed by atoms with Crippen LogP contribution in [0.2, 0.25) is 0 Å². The normalized spacial score (nSPS) is 19.5. The Kier molecular flexibility index (Phi) is 2.85. The van der Waals surface area contributed by atoms with Crippen LogP contribution >= 0.6 is 0 Å². The summed E-state index contributed by atoms with van der Waals surface area (Å²) >= 11 is 0. The Morgan fingerprint density at radius 3 is 2.89 bits per heavy atom. The minimum absolute atomic E-state index is 0.140. The van der Waals surface area contributed by atoms with Gasteiger partial charge in [0.25, 0.3) is 6.01 Å². The zero-order valence-corrected chi connectivity index (χ0v) is 11.2. The van der Waals surface area contributed by atoms with Crippen molar-refractivity contribution in [3.05, 3.63) is 18.2 Å². The average molecular weight is 281 g/mol. The molecule has 0 aliphatic carbocycles. The van der Waals surface area contributed by atoms with Gasteiger partial charge in [0.2, 0.25) is 0 Å². The van der Waals surface area contributed by atoms with Crippen molar-refractivity contribution in [2.75, 3.05) is 35.2 Å². The summed E-state index contributed by atoms with van der Waals surface area (Å²) in [5.41, 5.74) is 7.66. The van der Waals surface area contributed by atoms with Crippen molar-refractivity contribution >= 4 is 32.6 Å². The molecule has 0 bridgehead atoms. The molecule has 0 unspecified atom stereocenters. The Labute approximate surface area is 111 Å². The molecule has 3 rings (SSSR count). The van der Waals surface area contributed by atoms with Gasteiger partial charge in [-0.25, -0.2) is 8.42 Å². The Morgan fingerprint density at radius 2 is 2.11 bits per heavy atom. The van der Waals surface area contributed by atoms with Gasteiger partial charge in [-0.05, 0) is 18.6 Å². The van der Waals surface area contributed by atoms with Gasteiger partial charge in [-0.3, -0.25) is 0 Å². The van der Waals surface area contributed by atoms with Crippen molar-refractivity contribution < 1.29 is 12.8 Å². The maximum atomic E-state index is 11.6. The van der Waals surface area contributed by atoms with Crippen LogP contribution in [0.25, 0.3) is 11.1 Å². The van der Waals surface area contributed by atoms with E-state index in [0.29, 0.717) is 42.3 Å². The fraction of sp³-hybridized carbons (Fsp3) is 0.417. The molecule has 0 spiro atoms. The van der Waals surface area contributed by atoms with Crippen molar-refractivity contribution in [3.63, 3.8) is 0 Å². The Hall–Kier alpha value is -1.76. The Bertz CT molecular complexity index is 708. The standard InChI is InChI=1S/C12H15N3O3S/c13-9-3-1-4-10-11(9)14-12(18-10)15-5-2-7-19(16,17)8-6-15/h1,3-4H,2,5-8,13H2. The number of rotatable bonds is 1. The fourth-order valence-electron chi connectivity index (χ4n) is 2.22. The molecule has 1 fully saturated rings. The number of hydrogen-bond acceptors (Lipinski definition) is 6. The van der Waals surface area contributed by atoms with Gasteiger partial charge in [0.1, 0.15) is 5.52 Å². The summed E-state index contributed by atoms with van der Waals surface area (Å²) in [6, 6.07) is 5.82. The number of sulfone groups is 1. The van der Waals surface area contributed by atoms with Gasteiger partial charge < -0.3 is 15.1 Å². The van der Waals surface area contributed by atoms with Gasteiger partial charge in [-0.15, -0.1) is 0 Å². The number of oxazole rings is 1. The fourth-order valence-corrected chi connectivity index (χ4v) is 3.49. The summed E-state index contributed by atoms with van der Waals surface area (Å²) in [5.74, 6) is 0.368. The van der Waals surface area contributed by atoms with Crippen LogP contribution in [0.15, 0.2) is 22.6 Å². The number of benzene rings is 1. The van der Waals surface area contributed by atoms with E-state index < -0.39 is 9.84 Å². The summed E-state index contributed by atoms with van der Waals surface area (Å²) in [6.45, 7) is 1.04. The van der Waals surface area contributed by atoms with Gasteiger partial charge in [-0.2, -0.15) is 4.98 Å². The quantitative estimate of drug-likeness (QED) is 0.785. The second kappa shape index (κ2) is 4.41. The molecule has 1 aromatic heterocycles. The zero-order chi connectivity index (χ0) is 13.5. The third kappa shape index (κ3) is 2.37. The summed E-state index contributed by atoms with van der Waals surface area (Å²) in [5, 5.41) is 0. The third-order valence-corrected chi connectivity index (χ3v) is 4.98. The van der Waals surface area contributed by atoms with Crippen LogP contribution in [0.3, 0.4) is 0 Å². The maximum absolute atomic E-state index is 11.6. The van der Waals surface area contributed by atoms with Crippen LogP contribution in [0.4, 0.5) is 11.7 Å². The first kappa shape index (κ1) is 12.3. The molecular formula is C12H15N3O3S. The molecule has 2 aromatic rings. The Morgan fingerprint density at radius 1 is 1.26 bits per heavy atom. The van der Waals surface area contributed by atoms with E-state index in [1.54, 1.807) is 18.2 Å². The minimum atomic E-state index is -2.93. The monoisotopic (exact) mass is 281 g/mol. The number of fused-ring (bicyclic) bond motifs is 1. The number of nitrogens with two attached hydrogens (primary N) is 1. The lowest BCUT2D eigenvalue weighted by Gasteiger charge is -2.16. The average Bonchev–Trinajstić information content (AvgIpc) is 2.70. The number of aromatic nitrogens is 1. The predicted molar refractivity (Wildman–Crippen MR) is 73.9 cm³/mol. The van der Waals surface area contributed by atoms with E-state index in [-0.39, 0.29) is 11.5 Å². The van der Waals surface area contributed by atoms with E-state index in [4.69, 9.17) is 10.2 Å². The van der Waals surface area contributed by atoms with E-state index in [2.05, 4.69) is 4.98 Å². The van der Waals surface area contributed by atoms with Crippen molar-refractivity contribution in [3.8, 4) is 0 Å². The highest BCUT2D eigenvalue weighted by Crippen LogP contribution is 2.26. The van der Waals surface area contributed by atoms with Crippen LogP contribution < -0.4 is 10.6 Å².